The van der Waals surface area contributed by atoms with Gasteiger partial charge in [0.05, 0.1) is 6.54 Å². The van der Waals surface area contributed by atoms with Crippen molar-refractivity contribution < 1.29 is 4.52 Å². The van der Waals surface area contributed by atoms with Crippen molar-refractivity contribution in [3.8, 4) is 0 Å². The quantitative estimate of drug-likeness (QED) is 0.839. The van der Waals surface area contributed by atoms with E-state index in [0.717, 1.165) is 30.1 Å². The van der Waals surface area contributed by atoms with Gasteiger partial charge in [-0.3, -0.25) is 4.90 Å². The number of rotatable bonds is 3. The second-order valence-electron chi connectivity index (χ2n) is 6.65. The van der Waals surface area contributed by atoms with Gasteiger partial charge in [-0.1, -0.05) is 24.4 Å². The lowest BCUT2D eigenvalue weighted by atomic mass is 9.75. The highest BCUT2D eigenvalue weighted by Gasteiger charge is 2.32. The van der Waals surface area contributed by atoms with E-state index in [9.17, 15) is 0 Å². The molecule has 3 aliphatic rings. The highest BCUT2D eigenvalue weighted by Crippen LogP contribution is 2.38. The van der Waals surface area contributed by atoms with Crippen LogP contribution in [0.1, 0.15) is 62.6 Å². The van der Waals surface area contributed by atoms with E-state index in [1.807, 2.05) is 0 Å². The average Bonchev–Trinajstić information content (AvgIpc) is 3.20. The number of aromatic nitrogens is 2. The number of likely N-dealkylation sites (tertiary alicyclic amines) is 1. The molecule has 0 aromatic carbocycles. The zero-order chi connectivity index (χ0) is 12.7. The zero-order valence-corrected chi connectivity index (χ0v) is 11.6. The van der Waals surface area contributed by atoms with Gasteiger partial charge in [-0.05, 0) is 44.1 Å². The Labute approximate surface area is 114 Å². The van der Waals surface area contributed by atoms with Gasteiger partial charge in [0.25, 0.3) is 0 Å². The van der Waals surface area contributed by atoms with Crippen molar-refractivity contribution in [1.82, 2.24) is 15.0 Å². The summed E-state index contributed by atoms with van der Waals surface area (Å²) in [4.78, 5) is 7.08. The van der Waals surface area contributed by atoms with E-state index in [-0.39, 0.29) is 0 Å². The van der Waals surface area contributed by atoms with Gasteiger partial charge >= 0.3 is 0 Å². The SMILES string of the molecule is C1CC[C@@H]2CN(Cc3nc(C4CC4)no3)CC[C@@H]2C1. The summed E-state index contributed by atoms with van der Waals surface area (Å²) in [5.74, 6) is 4.29. The second-order valence-corrected chi connectivity index (χ2v) is 6.65. The third-order valence-corrected chi connectivity index (χ3v) is 5.16. The Morgan fingerprint density at radius 3 is 2.74 bits per heavy atom. The van der Waals surface area contributed by atoms with Gasteiger partial charge in [-0.2, -0.15) is 4.98 Å². The van der Waals surface area contributed by atoms with Crippen molar-refractivity contribution >= 4 is 0 Å². The maximum atomic E-state index is 5.40. The molecular formula is C15H23N3O. The van der Waals surface area contributed by atoms with Gasteiger partial charge in [0, 0.05) is 12.5 Å². The molecule has 4 nitrogen and oxygen atoms in total. The number of fused-ring (bicyclic) bond motifs is 1. The fraction of sp³-hybridized carbons (Fsp3) is 0.867. The Bertz CT molecular complexity index is 440. The van der Waals surface area contributed by atoms with Gasteiger partial charge in [0.15, 0.2) is 5.82 Å². The molecule has 0 radical (unpaired) electrons. The van der Waals surface area contributed by atoms with Crippen molar-refractivity contribution in [3.05, 3.63) is 11.7 Å². The lowest BCUT2D eigenvalue weighted by Gasteiger charge is -2.40. The zero-order valence-electron chi connectivity index (χ0n) is 11.6. The number of piperidine rings is 1. The van der Waals surface area contributed by atoms with Crippen molar-refractivity contribution in [2.24, 2.45) is 11.8 Å². The summed E-state index contributed by atoms with van der Waals surface area (Å²) in [5, 5.41) is 4.11. The molecule has 1 aromatic rings. The van der Waals surface area contributed by atoms with Gasteiger partial charge in [-0.25, -0.2) is 0 Å². The van der Waals surface area contributed by atoms with Crippen LogP contribution in [0.3, 0.4) is 0 Å². The van der Waals surface area contributed by atoms with E-state index in [2.05, 4.69) is 15.0 Å². The summed E-state index contributed by atoms with van der Waals surface area (Å²) in [6.07, 6.45) is 9.63. The molecule has 4 rings (SSSR count). The standard InChI is InChI=1S/C15H23N3O/c1-2-4-13-9-18(8-7-11(13)3-1)10-14-16-15(17-19-14)12-5-6-12/h11-13H,1-10H2/t11-,13+/m0/s1. The maximum absolute atomic E-state index is 5.40. The van der Waals surface area contributed by atoms with Crippen LogP contribution in [0.5, 0.6) is 0 Å². The first-order chi connectivity index (χ1) is 9.38. The van der Waals surface area contributed by atoms with Gasteiger partial charge < -0.3 is 4.52 Å². The Hall–Kier alpha value is -0.900. The molecule has 0 amide bonds. The van der Waals surface area contributed by atoms with Crippen LogP contribution in [0.4, 0.5) is 0 Å². The Balaban J connectivity index is 1.36. The third-order valence-electron chi connectivity index (χ3n) is 5.16. The number of hydrogen-bond acceptors (Lipinski definition) is 4. The summed E-state index contributed by atoms with van der Waals surface area (Å²) in [7, 11) is 0. The summed E-state index contributed by atoms with van der Waals surface area (Å²) < 4.78 is 5.40. The van der Waals surface area contributed by atoms with Crippen molar-refractivity contribution in [2.45, 2.75) is 57.4 Å². The Kier molecular flexibility index (Phi) is 3.06. The molecule has 1 aliphatic heterocycles. The molecule has 0 bridgehead atoms. The smallest absolute Gasteiger partial charge is 0.240 e. The number of hydrogen-bond donors (Lipinski definition) is 0. The highest BCUT2D eigenvalue weighted by atomic mass is 16.5. The van der Waals surface area contributed by atoms with Crippen molar-refractivity contribution in [3.63, 3.8) is 0 Å². The largest absolute Gasteiger partial charge is 0.338 e. The molecular weight excluding hydrogens is 238 g/mol. The van der Waals surface area contributed by atoms with Crippen LogP contribution in [-0.4, -0.2) is 28.1 Å². The van der Waals surface area contributed by atoms with Crippen molar-refractivity contribution in [2.75, 3.05) is 13.1 Å². The second kappa shape index (κ2) is 4.89. The normalized spacial score (nSPS) is 32.2. The van der Waals surface area contributed by atoms with Crippen LogP contribution >= 0.6 is 0 Å². The fourth-order valence-corrected chi connectivity index (χ4v) is 3.85. The minimum atomic E-state index is 0.599. The molecule has 2 saturated carbocycles. The predicted octanol–water partition coefficient (Wildman–Crippen LogP) is 2.96. The monoisotopic (exact) mass is 261 g/mol. The molecule has 1 aromatic heterocycles. The first-order valence-electron chi connectivity index (χ1n) is 7.93. The van der Waals surface area contributed by atoms with E-state index in [0.29, 0.717) is 5.92 Å². The van der Waals surface area contributed by atoms with Crippen LogP contribution in [0.2, 0.25) is 0 Å². The molecule has 104 valence electrons. The molecule has 2 heterocycles. The van der Waals surface area contributed by atoms with E-state index in [4.69, 9.17) is 4.52 Å². The van der Waals surface area contributed by atoms with Crippen LogP contribution in [0.15, 0.2) is 4.52 Å². The van der Waals surface area contributed by atoms with Gasteiger partial charge in [0.2, 0.25) is 5.89 Å². The Morgan fingerprint density at radius 2 is 1.89 bits per heavy atom. The van der Waals surface area contributed by atoms with Gasteiger partial charge in [0.1, 0.15) is 0 Å². The third kappa shape index (κ3) is 2.55. The van der Waals surface area contributed by atoms with Gasteiger partial charge in [-0.15, -0.1) is 0 Å². The van der Waals surface area contributed by atoms with E-state index >= 15 is 0 Å². The molecule has 3 fully saturated rings. The van der Waals surface area contributed by atoms with Crippen molar-refractivity contribution in [1.29, 1.82) is 0 Å². The van der Waals surface area contributed by atoms with E-state index < -0.39 is 0 Å². The van der Waals surface area contributed by atoms with Crippen LogP contribution in [-0.2, 0) is 6.54 Å². The lowest BCUT2D eigenvalue weighted by molar-refractivity contribution is 0.0747. The summed E-state index contributed by atoms with van der Waals surface area (Å²) in [6.45, 7) is 3.32. The molecule has 0 N–H and O–H groups in total. The summed E-state index contributed by atoms with van der Waals surface area (Å²) >= 11 is 0. The molecule has 0 unspecified atom stereocenters. The first kappa shape index (κ1) is 11.9. The van der Waals surface area contributed by atoms with Crippen LogP contribution in [0.25, 0.3) is 0 Å². The summed E-state index contributed by atoms with van der Waals surface area (Å²) in [6, 6.07) is 0. The minimum absolute atomic E-state index is 0.599. The summed E-state index contributed by atoms with van der Waals surface area (Å²) in [5.41, 5.74) is 0. The first-order valence-corrected chi connectivity index (χ1v) is 7.93. The predicted molar refractivity (Wildman–Crippen MR) is 71.6 cm³/mol. The Morgan fingerprint density at radius 1 is 1.05 bits per heavy atom. The molecule has 4 heteroatoms. The fourth-order valence-electron chi connectivity index (χ4n) is 3.85. The van der Waals surface area contributed by atoms with E-state index in [1.165, 1.54) is 58.0 Å². The lowest BCUT2D eigenvalue weighted by Crippen LogP contribution is -2.41. The maximum Gasteiger partial charge on any atom is 0.240 e. The molecule has 2 aliphatic carbocycles. The van der Waals surface area contributed by atoms with Crippen LogP contribution < -0.4 is 0 Å². The van der Waals surface area contributed by atoms with Crippen LogP contribution in [0, 0.1) is 11.8 Å². The molecule has 1 saturated heterocycles. The topological polar surface area (TPSA) is 42.2 Å². The molecule has 2 atom stereocenters. The highest BCUT2D eigenvalue weighted by molar-refractivity contribution is 5.03. The van der Waals surface area contributed by atoms with E-state index in [1.54, 1.807) is 0 Å². The molecule has 0 spiro atoms. The number of nitrogens with zero attached hydrogens (tertiary/aromatic N) is 3. The minimum Gasteiger partial charge on any atom is -0.338 e. The average molecular weight is 261 g/mol. The molecule has 19 heavy (non-hydrogen) atoms.